The Bertz CT molecular complexity index is 1050. The van der Waals surface area contributed by atoms with Crippen LogP contribution in [0.25, 0.3) is 11.5 Å². The zero-order valence-electron chi connectivity index (χ0n) is 14.2. The number of hydrogen-bond donors (Lipinski definition) is 1. The van der Waals surface area contributed by atoms with E-state index in [1.165, 1.54) is 10.6 Å². The van der Waals surface area contributed by atoms with Crippen LogP contribution in [0.2, 0.25) is 0 Å². The van der Waals surface area contributed by atoms with E-state index < -0.39 is 16.1 Å². The van der Waals surface area contributed by atoms with Crippen LogP contribution in [0.3, 0.4) is 0 Å². The average Bonchev–Trinajstić information content (AvgIpc) is 3.28. The summed E-state index contributed by atoms with van der Waals surface area (Å²) in [6, 6.07) is 14.5. The summed E-state index contributed by atoms with van der Waals surface area (Å²) < 4.78 is 30.5. The highest BCUT2D eigenvalue weighted by Gasteiger charge is 2.27. The highest BCUT2D eigenvalue weighted by Crippen LogP contribution is 2.33. The monoisotopic (exact) mass is 370 g/mol. The zero-order valence-corrected chi connectivity index (χ0v) is 15.0. The van der Waals surface area contributed by atoms with Gasteiger partial charge in [0.15, 0.2) is 5.82 Å². The molecule has 1 aliphatic heterocycles. The van der Waals surface area contributed by atoms with Crippen molar-refractivity contribution in [3.63, 3.8) is 0 Å². The van der Waals surface area contributed by atoms with Gasteiger partial charge < -0.3 is 10.3 Å². The van der Waals surface area contributed by atoms with Gasteiger partial charge >= 0.3 is 0 Å². The van der Waals surface area contributed by atoms with Crippen molar-refractivity contribution in [1.82, 2.24) is 10.1 Å². The maximum atomic E-state index is 11.8. The molecule has 0 radical (unpaired) electrons. The average molecular weight is 370 g/mol. The van der Waals surface area contributed by atoms with Gasteiger partial charge in [-0.2, -0.15) is 4.98 Å². The Morgan fingerprint density at radius 3 is 2.69 bits per heavy atom. The molecule has 0 bridgehead atoms. The Morgan fingerprint density at radius 1 is 1.19 bits per heavy atom. The van der Waals surface area contributed by atoms with Crippen molar-refractivity contribution in [2.45, 2.75) is 12.5 Å². The third-order valence-electron chi connectivity index (χ3n) is 4.46. The van der Waals surface area contributed by atoms with Gasteiger partial charge in [-0.25, -0.2) is 8.42 Å². The van der Waals surface area contributed by atoms with Gasteiger partial charge in [0.25, 0.3) is 5.89 Å². The van der Waals surface area contributed by atoms with Crippen molar-refractivity contribution in [2.75, 3.05) is 17.1 Å². The van der Waals surface area contributed by atoms with E-state index >= 15 is 0 Å². The van der Waals surface area contributed by atoms with Crippen molar-refractivity contribution in [2.24, 2.45) is 5.73 Å². The van der Waals surface area contributed by atoms with E-state index in [4.69, 9.17) is 10.3 Å². The third-order valence-corrected chi connectivity index (χ3v) is 5.64. The minimum absolute atomic E-state index is 0.368. The summed E-state index contributed by atoms with van der Waals surface area (Å²) in [5.41, 5.74) is 9.50. The van der Waals surface area contributed by atoms with Crippen molar-refractivity contribution in [1.29, 1.82) is 0 Å². The van der Waals surface area contributed by atoms with Gasteiger partial charge in [-0.15, -0.1) is 0 Å². The van der Waals surface area contributed by atoms with E-state index in [2.05, 4.69) is 10.1 Å². The predicted molar refractivity (Wildman–Crippen MR) is 98.1 cm³/mol. The van der Waals surface area contributed by atoms with Crippen LogP contribution >= 0.6 is 0 Å². The standard InChI is InChI=1S/C18H18N4O3S/c1-26(23,24)22-10-9-13-11-14(7-8-15(13)22)18-20-17(21-25-18)16(19)12-5-3-2-4-6-12/h2-8,11,16H,9-10,19H2,1H3. The van der Waals surface area contributed by atoms with Crippen LogP contribution < -0.4 is 10.0 Å². The predicted octanol–water partition coefficient (Wildman–Crippen LogP) is 2.11. The highest BCUT2D eigenvalue weighted by atomic mass is 32.2. The second-order valence-electron chi connectivity index (χ2n) is 6.27. The number of aromatic nitrogens is 2. The first-order chi connectivity index (χ1) is 12.4. The Labute approximate surface area is 151 Å². The van der Waals surface area contributed by atoms with Crippen LogP contribution in [-0.2, 0) is 16.4 Å². The van der Waals surface area contributed by atoms with Crippen molar-refractivity contribution < 1.29 is 12.9 Å². The van der Waals surface area contributed by atoms with Gasteiger partial charge in [0.1, 0.15) is 0 Å². The first-order valence-electron chi connectivity index (χ1n) is 8.18. The number of sulfonamides is 1. The molecule has 0 spiro atoms. The number of benzene rings is 2. The lowest BCUT2D eigenvalue weighted by Crippen LogP contribution is -2.27. The topological polar surface area (TPSA) is 102 Å². The van der Waals surface area contributed by atoms with Gasteiger partial charge in [-0.1, -0.05) is 35.5 Å². The fourth-order valence-corrected chi connectivity index (χ4v) is 4.10. The minimum Gasteiger partial charge on any atom is -0.334 e. The highest BCUT2D eigenvalue weighted by molar-refractivity contribution is 7.92. The molecule has 1 aromatic heterocycles. The van der Waals surface area contributed by atoms with Crippen LogP contribution in [0.1, 0.15) is 23.0 Å². The number of hydrogen-bond acceptors (Lipinski definition) is 6. The summed E-state index contributed by atoms with van der Waals surface area (Å²) in [7, 11) is -3.27. The molecule has 0 saturated heterocycles. The normalized spacial score (nSPS) is 15.1. The molecule has 0 amide bonds. The zero-order chi connectivity index (χ0) is 18.3. The fourth-order valence-electron chi connectivity index (χ4n) is 3.14. The molecular weight excluding hydrogens is 352 g/mol. The molecule has 1 aliphatic rings. The number of nitrogens with two attached hydrogens (primary N) is 1. The van der Waals surface area contributed by atoms with Gasteiger partial charge in [-0.3, -0.25) is 4.31 Å². The van der Waals surface area contributed by atoms with E-state index in [9.17, 15) is 8.42 Å². The molecule has 8 heteroatoms. The summed E-state index contributed by atoms with van der Waals surface area (Å²) in [4.78, 5) is 4.42. The molecule has 0 saturated carbocycles. The Hall–Kier alpha value is -2.71. The number of anilines is 1. The maximum Gasteiger partial charge on any atom is 0.258 e. The van der Waals surface area contributed by atoms with Crippen LogP contribution in [0, 0.1) is 0 Å². The minimum atomic E-state index is -3.27. The molecule has 0 fully saturated rings. The summed E-state index contributed by atoms with van der Waals surface area (Å²) in [5, 5.41) is 4.00. The molecule has 1 unspecified atom stereocenters. The van der Waals surface area contributed by atoms with Crippen molar-refractivity contribution in [3.05, 3.63) is 65.5 Å². The Morgan fingerprint density at radius 2 is 1.96 bits per heavy atom. The molecule has 3 aromatic rings. The lowest BCUT2D eigenvalue weighted by Gasteiger charge is -2.16. The molecule has 2 heterocycles. The van der Waals surface area contributed by atoms with Crippen molar-refractivity contribution in [3.8, 4) is 11.5 Å². The first kappa shape index (κ1) is 16.7. The van der Waals surface area contributed by atoms with E-state index in [0.29, 0.717) is 30.4 Å². The van der Waals surface area contributed by atoms with Gasteiger partial charge in [-0.05, 0) is 35.7 Å². The van der Waals surface area contributed by atoms with Gasteiger partial charge in [0.05, 0.1) is 18.0 Å². The van der Waals surface area contributed by atoms with E-state index in [0.717, 1.165) is 16.7 Å². The molecular formula is C18H18N4O3S. The Kier molecular flexibility index (Phi) is 4.01. The summed E-state index contributed by atoms with van der Waals surface area (Å²) in [5.74, 6) is 0.774. The molecule has 1 atom stereocenters. The fraction of sp³-hybridized carbons (Fsp3) is 0.222. The quantitative estimate of drug-likeness (QED) is 0.754. The van der Waals surface area contributed by atoms with E-state index in [1.807, 2.05) is 36.4 Å². The third kappa shape index (κ3) is 2.97. The molecule has 0 aliphatic carbocycles. The number of rotatable bonds is 4. The smallest absolute Gasteiger partial charge is 0.258 e. The second-order valence-corrected chi connectivity index (χ2v) is 8.18. The maximum absolute atomic E-state index is 11.8. The molecule has 4 rings (SSSR count). The van der Waals surface area contributed by atoms with Gasteiger partial charge in [0, 0.05) is 12.1 Å². The SMILES string of the molecule is CS(=O)(=O)N1CCc2cc(-c3nc(C(N)c4ccccc4)no3)ccc21. The molecule has 2 aromatic carbocycles. The van der Waals surface area contributed by atoms with Crippen LogP contribution in [-0.4, -0.2) is 31.4 Å². The molecule has 7 nitrogen and oxygen atoms in total. The van der Waals surface area contributed by atoms with Crippen LogP contribution in [0.5, 0.6) is 0 Å². The van der Waals surface area contributed by atoms with Crippen molar-refractivity contribution >= 4 is 15.7 Å². The van der Waals surface area contributed by atoms with Gasteiger partial charge in [0.2, 0.25) is 10.0 Å². The number of fused-ring (bicyclic) bond motifs is 1. The van der Waals surface area contributed by atoms with E-state index in [-0.39, 0.29) is 0 Å². The molecule has 134 valence electrons. The summed E-state index contributed by atoms with van der Waals surface area (Å²) >= 11 is 0. The van der Waals surface area contributed by atoms with E-state index in [1.54, 1.807) is 12.1 Å². The lowest BCUT2D eigenvalue weighted by atomic mass is 10.1. The summed E-state index contributed by atoms with van der Waals surface area (Å²) in [6.45, 7) is 0.450. The Balaban J connectivity index is 1.63. The largest absolute Gasteiger partial charge is 0.334 e. The first-order valence-corrected chi connectivity index (χ1v) is 10.0. The number of nitrogens with zero attached hydrogens (tertiary/aromatic N) is 3. The lowest BCUT2D eigenvalue weighted by molar-refractivity contribution is 0.419. The summed E-state index contributed by atoms with van der Waals surface area (Å²) in [6.07, 6.45) is 1.87. The second kappa shape index (κ2) is 6.22. The molecule has 26 heavy (non-hydrogen) atoms. The van der Waals surface area contributed by atoms with Crippen LogP contribution in [0.15, 0.2) is 53.1 Å². The molecule has 2 N–H and O–H groups in total. The van der Waals surface area contributed by atoms with Crippen LogP contribution in [0.4, 0.5) is 5.69 Å².